The lowest BCUT2D eigenvalue weighted by Gasteiger charge is -2.40. The monoisotopic (exact) mass is 298 g/mol. The van der Waals surface area contributed by atoms with Gasteiger partial charge >= 0.3 is 0 Å². The van der Waals surface area contributed by atoms with E-state index in [9.17, 15) is 9.18 Å². The van der Waals surface area contributed by atoms with Crippen molar-refractivity contribution in [2.75, 3.05) is 42.6 Å². The Morgan fingerprint density at radius 3 is 2.60 bits per heavy atom. The van der Waals surface area contributed by atoms with Gasteiger partial charge in [-0.2, -0.15) is 16.2 Å². The minimum atomic E-state index is -0.825. The summed E-state index contributed by atoms with van der Waals surface area (Å²) in [6, 6.07) is 0.638. The van der Waals surface area contributed by atoms with Gasteiger partial charge < -0.3 is 4.90 Å². The van der Waals surface area contributed by atoms with E-state index >= 15 is 0 Å². The molecule has 2 aliphatic rings. The molecule has 0 unspecified atom stereocenters. The predicted octanol–water partition coefficient (Wildman–Crippen LogP) is 0.927. The molecule has 0 aromatic carbocycles. The highest BCUT2D eigenvalue weighted by Gasteiger charge is 2.26. The van der Waals surface area contributed by atoms with Gasteiger partial charge in [0, 0.05) is 43.7 Å². The summed E-state index contributed by atoms with van der Waals surface area (Å²) in [5.74, 6) is 2.12. The number of piperidine rings is 1. The molecule has 2 aliphatic heterocycles. The smallest absolute Gasteiger partial charge is 0.288 e. The fourth-order valence-electron chi connectivity index (χ4n) is 2.92. The molecule has 0 atom stereocenters. The lowest BCUT2D eigenvalue weighted by atomic mass is 10.0. The van der Waals surface area contributed by atoms with E-state index in [4.69, 9.17) is 0 Å². The van der Waals surface area contributed by atoms with E-state index in [0.29, 0.717) is 12.0 Å². The SMILES string of the molecule is O=c1[nH]c(N2CCC(N3CCSCC3)CC2)ncc1F. The first-order valence-corrected chi connectivity index (χ1v) is 8.21. The maximum atomic E-state index is 12.9. The Hall–Kier alpha value is -1.08. The van der Waals surface area contributed by atoms with Crippen molar-refractivity contribution >= 4 is 17.7 Å². The fourth-order valence-corrected chi connectivity index (χ4v) is 3.85. The van der Waals surface area contributed by atoms with Crippen LogP contribution in [-0.4, -0.2) is 58.6 Å². The summed E-state index contributed by atoms with van der Waals surface area (Å²) in [5.41, 5.74) is -0.690. The first kappa shape index (κ1) is 13.9. The highest BCUT2D eigenvalue weighted by molar-refractivity contribution is 7.99. The van der Waals surface area contributed by atoms with Crippen LogP contribution in [-0.2, 0) is 0 Å². The van der Waals surface area contributed by atoms with Crippen LogP contribution in [0.4, 0.5) is 10.3 Å². The third kappa shape index (κ3) is 2.98. The van der Waals surface area contributed by atoms with Crippen LogP contribution in [0.5, 0.6) is 0 Å². The molecule has 3 heterocycles. The molecule has 0 spiro atoms. The topological polar surface area (TPSA) is 52.2 Å². The maximum Gasteiger partial charge on any atom is 0.288 e. The van der Waals surface area contributed by atoms with Crippen molar-refractivity contribution in [3.63, 3.8) is 0 Å². The van der Waals surface area contributed by atoms with Crippen LogP contribution in [0, 0.1) is 5.82 Å². The minimum Gasteiger partial charge on any atom is -0.342 e. The number of rotatable bonds is 2. The quantitative estimate of drug-likeness (QED) is 0.880. The molecule has 5 nitrogen and oxygen atoms in total. The van der Waals surface area contributed by atoms with Crippen molar-refractivity contribution in [3.8, 4) is 0 Å². The molecule has 1 N–H and O–H groups in total. The van der Waals surface area contributed by atoms with Gasteiger partial charge in [0.25, 0.3) is 5.56 Å². The molecule has 7 heteroatoms. The van der Waals surface area contributed by atoms with Gasteiger partial charge in [-0.05, 0) is 12.8 Å². The van der Waals surface area contributed by atoms with Crippen molar-refractivity contribution in [1.29, 1.82) is 0 Å². The number of aromatic amines is 1. The molecular weight excluding hydrogens is 279 g/mol. The van der Waals surface area contributed by atoms with E-state index in [-0.39, 0.29) is 0 Å². The largest absolute Gasteiger partial charge is 0.342 e. The second-order valence-corrected chi connectivity index (χ2v) is 6.48. The van der Waals surface area contributed by atoms with Crippen molar-refractivity contribution in [2.45, 2.75) is 18.9 Å². The van der Waals surface area contributed by atoms with E-state index < -0.39 is 11.4 Å². The van der Waals surface area contributed by atoms with Crippen LogP contribution in [0.2, 0.25) is 0 Å². The Balaban J connectivity index is 1.60. The van der Waals surface area contributed by atoms with Gasteiger partial charge in [0.2, 0.25) is 11.8 Å². The van der Waals surface area contributed by atoms with Crippen molar-refractivity contribution < 1.29 is 4.39 Å². The van der Waals surface area contributed by atoms with E-state index in [0.717, 1.165) is 32.1 Å². The third-order valence-corrected chi connectivity index (χ3v) is 5.01. The summed E-state index contributed by atoms with van der Waals surface area (Å²) in [6.07, 6.45) is 3.15. The molecule has 1 aromatic heterocycles. The Labute approximate surface area is 121 Å². The molecule has 2 saturated heterocycles. The number of thioether (sulfide) groups is 1. The van der Waals surface area contributed by atoms with Gasteiger partial charge in [-0.15, -0.1) is 0 Å². The van der Waals surface area contributed by atoms with Crippen LogP contribution in [0.3, 0.4) is 0 Å². The van der Waals surface area contributed by atoms with Crippen LogP contribution in [0.25, 0.3) is 0 Å². The normalized spacial score (nSPS) is 22.1. The van der Waals surface area contributed by atoms with Gasteiger partial charge in [0.05, 0.1) is 6.20 Å². The second-order valence-electron chi connectivity index (χ2n) is 5.25. The summed E-state index contributed by atoms with van der Waals surface area (Å²) in [6.45, 7) is 4.09. The van der Waals surface area contributed by atoms with Crippen LogP contribution >= 0.6 is 11.8 Å². The summed E-state index contributed by atoms with van der Waals surface area (Å²) in [4.78, 5) is 22.4. The molecule has 0 bridgehead atoms. The number of hydrogen-bond donors (Lipinski definition) is 1. The molecular formula is C13H19FN4OS. The highest BCUT2D eigenvalue weighted by Crippen LogP contribution is 2.22. The van der Waals surface area contributed by atoms with Crippen molar-refractivity contribution in [1.82, 2.24) is 14.9 Å². The van der Waals surface area contributed by atoms with Crippen molar-refractivity contribution in [2.24, 2.45) is 0 Å². The number of halogens is 1. The Kier molecular flexibility index (Phi) is 4.26. The summed E-state index contributed by atoms with van der Waals surface area (Å²) >= 11 is 2.03. The molecule has 20 heavy (non-hydrogen) atoms. The highest BCUT2D eigenvalue weighted by atomic mass is 32.2. The van der Waals surface area contributed by atoms with Crippen LogP contribution in [0.15, 0.2) is 11.0 Å². The maximum absolute atomic E-state index is 12.9. The lowest BCUT2D eigenvalue weighted by molar-refractivity contribution is 0.185. The number of anilines is 1. The second kappa shape index (κ2) is 6.13. The van der Waals surface area contributed by atoms with Gasteiger partial charge in [0.1, 0.15) is 0 Å². The summed E-state index contributed by atoms with van der Waals surface area (Å²) in [5, 5.41) is 0. The third-order valence-electron chi connectivity index (χ3n) is 4.07. The molecule has 0 saturated carbocycles. The number of nitrogens with one attached hydrogen (secondary N) is 1. The minimum absolute atomic E-state index is 0.490. The lowest BCUT2D eigenvalue weighted by Crippen LogP contribution is -2.48. The number of hydrogen-bond acceptors (Lipinski definition) is 5. The van der Waals surface area contributed by atoms with E-state index in [1.165, 1.54) is 24.6 Å². The van der Waals surface area contributed by atoms with Crippen LogP contribution in [0.1, 0.15) is 12.8 Å². The molecule has 0 radical (unpaired) electrons. The number of nitrogens with zero attached hydrogens (tertiary/aromatic N) is 3. The van der Waals surface area contributed by atoms with Gasteiger partial charge in [-0.25, -0.2) is 4.98 Å². The molecule has 110 valence electrons. The van der Waals surface area contributed by atoms with Gasteiger partial charge in [0.15, 0.2) is 0 Å². The fraction of sp³-hybridized carbons (Fsp3) is 0.692. The van der Waals surface area contributed by atoms with Crippen molar-refractivity contribution in [3.05, 3.63) is 22.4 Å². The predicted molar refractivity (Wildman–Crippen MR) is 78.9 cm³/mol. The molecule has 0 amide bonds. The zero-order valence-electron chi connectivity index (χ0n) is 11.3. The average Bonchev–Trinajstić information content (AvgIpc) is 2.51. The Morgan fingerprint density at radius 1 is 1.25 bits per heavy atom. The molecule has 0 aliphatic carbocycles. The number of aromatic nitrogens is 2. The number of H-pyrrole nitrogens is 1. The summed E-state index contributed by atoms with van der Waals surface area (Å²) in [7, 11) is 0. The van der Waals surface area contributed by atoms with Gasteiger partial charge in [-0.3, -0.25) is 14.7 Å². The molecule has 2 fully saturated rings. The first-order valence-electron chi connectivity index (χ1n) is 7.05. The van der Waals surface area contributed by atoms with Crippen LogP contribution < -0.4 is 10.5 Å². The Morgan fingerprint density at radius 2 is 1.95 bits per heavy atom. The zero-order valence-corrected chi connectivity index (χ0v) is 12.2. The van der Waals surface area contributed by atoms with E-state index in [1.807, 2.05) is 16.7 Å². The first-order chi connectivity index (χ1) is 9.74. The van der Waals surface area contributed by atoms with E-state index in [1.54, 1.807) is 0 Å². The average molecular weight is 298 g/mol. The molecule has 1 aromatic rings. The van der Waals surface area contributed by atoms with Gasteiger partial charge in [-0.1, -0.05) is 0 Å². The standard InChI is InChI=1S/C13H19FN4OS/c14-11-9-15-13(16-12(11)19)18-3-1-10(2-4-18)17-5-7-20-8-6-17/h9-10H,1-8H2,(H,15,16,19). The summed E-state index contributed by atoms with van der Waals surface area (Å²) < 4.78 is 12.9. The molecule has 3 rings (SSSR count). The van der Waals surface area contributed by atoms with E-state index in [2.05, 4.69) is 14.9 Å². The Bertz CT molecular complexity index is 509. The zero-order chi connectivity index (χ0) is 13.9.